The number of fused-ring (bicyclic) bond motifs is 1. The normalized spacial score (nSPS) is 13.2. The van der Waals surface area contributed by atoms with Gasteiger partial charge in [-0.05, 0) is 25.0 Å². The molecule has 0 unspecified atom stereocenters. The van der Waals surface area contributed by atoms with Gasteiger partial charge in [-0.15, -0.1) is 0 Å². The van der Waals surface area contributed by atoms with Gasteiger partial charge in [0.25, 0.3) is 0 Å². The lowest BCUT2D eigenvalue weighted by Crippen LogP contribution is -3.00. The van der Waals surface area contributed by atoms with Crippen molar-refractivity contribution in [2.45, 2.75) is 12.8 Å². The molecule has 1 aliphatic heterocycles. The van der Waals surface area contributed by atoms with Crippen LogP contribution in [-0.2, 0) is 0 Å². The molecule has 1 heterocycles. The molecule has 4 nitrogen and oxygen atoms in total. The number of rotatable bonds is 6. The van der Waals surface area contributed by atoms with Gasteiger partial charge in [0.05, 0.1) is 12.8 Å². The predicted octanol–water partition coefficient (Wildman–Crippen LogP) is -1.15. The van der Waals surface area contributed by atoms with Crippen LogP contribution < -0.4 is 38.9 Å². The van der Waals surface area contributed by atoms with Crippen molar-refractivity contribution >= 4 is 11.4 Å². The Bertz CT molecular complexity index is 463. The van der Waals surface area contributed by atoms with E-state index in [1.54, 1.807) is 7.11 Å². The third-order valence-corrected chi connectivity index (χ3v) is 3.36. The van der Waals surface area contributed by atoms with E-state index in [4.69, 9.17) is 9.84 Å². The Morgan fingerprint density at radius 2 is 2.15 bits per heavy atom. The van der Waals surface area contributed by atoms with E-state index in [0.29, 0.717) is 0 Å². The minimum atomic E-state index is 0. The van der Waals surface area contributed by atoms with Gasteiger partial charge >= 0.3 is 0 Å². The second kappa shape index (κ2) is 8.36. The highest BCUT2D eigenvalue weighted by Gasteiger charge is 2.19. The molecule has 20 heavy (non-hydrogen) atoms. The lowest BCUT2D eigenvalue weighted by molar-refractivity contribution is -0.00000532. The average Bonchev–Trinajstić information content (AvgIpc) is 2.45. The van der Waals surface area contributed by atoms with Crippen LogP contribution in [0.1, 0.15) is 18.4 Å². The Balaban J connectivity index is 0.00000200. The number of hydrogen-bond acceptors (Lipinski definition) is 4. The first-order valence-electron chi connectivity index (χ1n) is 6.71. The van der Waals surface area contributed by atoms with Crippen molar-refractivity contribution in [3.8, 4) is 5.75 Å². The minimum absolute atomic E-state index is 0. The van der Waals surface area contributed by atoms with Crippen molar-refractivity contribution in [3.05, 3.63) is 29.8 Å². The Kier molecular flexibility index (Phi) is 7.15. The van der Waals surface area contributed by atoms with Crippen molar-refractivity contribution in [1.82, 2.24) is 5.32 Å². The van der Waals surface area contributed by atoms with Gasteiger partial charge in [-0.2, -0.15) is 0 Å². The number of aliphatic hydroxyl groups is 1. The molecule has 0 atom stereocenters. The smallest absolute Gasteiger partial charge is 0.142 e. The number of benzene rings is 1. The van der Waals surface area contributed by atoms with Gasteiger partial charge in [0.15, 0.2) is 0 Å². The molecule has 0 saturated carbocycles. The average molecular weight is 389 g/mol. The Morgan fingerprint density at radius 3 is 2.85 bits per heavy atom. The van der Waals surface area contributed by atoms with E-state index >= 15 is 0 Å². The van der Waals surface area contributed by atoms with Crippen LogP contribution >= 0.6 is 0 Å². The van der Waals surface area contributed by atoms with Crippen molar-refractivity contribution in [1.29, 1.82) is 0 Å². The van der Waals surface area contributed by atoms with Crippen LogP contribution in [-0.4, -0.2) is 39.0 Å². The topological polar surface area (TPSA) is 44.7 Å². The lowest BCUT2D eigenvalue weighted by Gasteiger charge is -2.29. The molecule has 2 N–H and O–H groups in total. The highest BCUT2D eigenvalue weighted by Crippen LogP contribution is 2.37. The number of likely N-dealkylation sites (N-methyl/N-ethyl adjacent to an activating group) is 1. The van der Waals surface area contributed by atoms with E-state index in [9.17, 15) is 0 Å². The molecule has 1 aromatic carbocycles. The van der Waals surface area contributed by atoms with E-state index in [2.05, 4.69) is 29.4 Å². The number of anilines is 1. The fourth-order valence-corrected chi connectivity index (χ4v) is 2.35. The molecule has 0 aromatic heterocycles. The van der Waals surface area contributed by atoms with E-state index < -0.39 is 0 Å². The highest BCUT2D eigenvalue weighted by atomic mass is 127. The zero-order valence-electron chi connectivity index (χ0n) is 12.0. The van der Waals surface area contributed by atoms with Gasteiger partial charge in [0.1, 0.15) is 5.75 Å². The molecule has 5 heteroatoms. The number of ether oxygens (including phenoxy) is 1. The number of nitrogens with zero attached hydrogens (tertiary/aromatic N) is 1. The molecular weight excluding hydrogens is 367 g/mol. The number of methoxy groups -OCH3 is 1. The molecule has 0 radical (unpaired) electrons. The minimum Gasteiger partial charge on any atom is -1.00 e. The van der Waals surface area contributed by atoms with E-state index in [0.717, 1.165) is 43.1 Å². The molecular formula is C15H22IN2O2-. The van der Waals surface area contributed by atoms with Gasteiger partial charge in [0, 0.05) is 38.0 Å². The second-order valence-corrected chi connectivity index (χ2v) is 4.71. The number of para-hydroxylation sites is 1. The summed E-state index contributed by atoms with van der Waals surface area (Å²) in [6.45, 7) is 2.01. The summed E-state index contributed by atoms with van der Waals surface area (Å²) in [5, 5.41) is 12.3. The number of nitrogens with one attached hydrogen (secondary N) is 1. The third kappa shape index (κ3) is 3.79. The van der Waals surface area contributed by atoms with E-state index in [1.165, 1.54) is 5.56 Å². The number of halogens is 1. The van der Waals surface area contributed by atoms with Crippen LogP contribution in [0.5, 0.6) is 5.75 Å². The first-order chi connectivity index (χ1) is 9.27. The summed E-state index contributed by atoms with van der Waals surface area (Å²) in [4.78, 5) is 2.19. The van der Waals surface area contributed by atoms with Crippen LogP contribution in [0.2, 0.25) is 0 Å². The molecule has 1 aliphatic rings. The van der Waals surface area contributed by atoms with Crippen LogP contribution in [0, 0.1) is 0 Å². The zero-order chi connectivity index (χ0) is 13.7. The standard InChI is InChI=1S/C15H22N2O2.HI/c1-17-10-8-13(16-9-3-4-11-18)12-6-5-7-14(19-2)15(12)17;/h5-8,16,18H,3-4,9-11H2,1-2H3;1H/p-1. The van der Waals surface area contributed by atoms with Crippen LogP contribution in [0.4, 0.5) is 5.69 Å². The summed E-state index contributed by atoms with van der Waals surface area (Å²) in [6.07, 6.45) is 4.01. The third-order valence-electron chi connectivity index (χ3n) is 3.36. The molecule has 0 spiro atoms. The highest BCUT2D eigenvalue weighted by molar-refractivity contribution is 5.82. The molecule has 0 aliphatic carbocycles. The summed E-state index contributed by atoms with van der Waals surface area (Å²) in [5.74, 6) is 0.905. The molecule has 0 bridgehead atoms. The summed E-state index contributed by atoms with van der Waals surface area (Å²) in [6, 6.07) is 6.11. The number of hydrogen-bond donors (Lipinski definition) is 2. The summed E-state index contributed by atoms with van der Waals surface area (Å²) in [5.41, 5.74) is 3.47. The van der Waals surface area contributed by atoms with Crippen molar-refractivity contribution in [2.24, 2.45) is 0 Å². The maximum absolute atomic E-state index is 8.80. The van der Waals surface area contributed by atoms with E-state index in [-0.39, 0.29) is 30.6 Å². The van der Waals surface area contributed by atoms with Crippen LogP contribution in [0.3, 0.4) is 0 Å². The fourth-order valence-electron chi connectivity index (χ4n) is 2.35. The first kappa shape index (κ1) is 17.1. The Morgan fingerprint density at radius 1 is 1.35 bits per heavy atom. The van der Waals surface area contributed by atoms with E-state index in [1.807, 2.05) is 12.1 Å². The largest absolute Gasteiger partial charge is 1.00 e. The van der Waals surface area contributed by atoms with Crippen LogP contribution in [0.15, 0.2) is 24.3 Å². The van der Waals surface area contributed by atoms with Gasteiger partial charge in [-0.3, -0.25) is 0 Å². The summed E-state index contributed by atoms with van der Waals surface area (Å²) in [7, 11) is 3.77. The first-order valence-corrected chi connectivity index (χ1v) is 6.71. The number of unbranched alkanes of at least 4 members (excludes halogenated alkanes) is 1. The Labute approximate surface area is 137 Å². The monoisotopic (exact) mass is 389 g/mol. The molecule has 2 rings (SSSR count). The summed E-state index contributed by atoms with van der Waals surface area (Å²) < 4.78 is 5.44. The lowest BCUT2D eigenvalue weighted by atomic mass is 10.0. The van der Waals surface area contributed by atoms with Crippen molar-refractivity contribution in [2.75, 3.05) is 38.8 Å². The van der Waals surface area contributed by atoms with Gasteiger partial charge in [-0.1, -0.05) is 12.1 Å². The van der Waals surface area contributed by atoms with Crippen LogP contribution in [0.25, 0.3) is 5.70 Å². The second-order valence-electron chi connectivity index (χ2n) is 4.71. The fraction of sp³-hybridized carbons (Fsp3) is 0.467. The van der Waals surface area contributed by atoms with Gasteiger partial charge in [0.2, 0.25) is 0 Å². The SMILES string of the molecule is COc1cccc2c1N(C)CC=C2NCCCCO.[I-]. The number of aliphatic hydroxyl groups excluding tert-OH is 1. The van der Waals surface area contributed by atoms with Gasteiger partial charge < -0.3 is 44.0 Å². The molecule has 0 amide bonds. The van der Waals surface area contributed by atoms with Crippen molar-refractivity contribution < 1.29 is 33.8 Å². The molecule has 0 fully saturated rings. The zero-order valence-corrected chi connectivity index (χ0v) is 14.2. The molecule has 0 saturated heterocycles. The summed E-state index contributed by atoms with van der Waals surface area (Å²) >= 11 is 0. The maximum Gasteiger partial charge on any atom is 0.142 e. The molecule has 112 valence electrons. The predicted molar refractivity (Wildman–Crippen MR) is 78.6 cm³/mol. The Hall–Kier alpha value is -0.950. The quantitative estimate of drug-likeness (QED) is 0.477. The molecule has 1 aromatic rings. The van der Waals surface area contributed by atoms with Gasteiger partial charge in [-0.25, -0.2) is 0 Å². The van der Waals surface area contributed by atoms with Crippen molar-refractivity contribution in [3.63, 3.8) is 0 Å². The maximum atomic E-state index is 8.80.